The van der Waals surface area contributed by atoms with Crippen LogP contribution in [0.2, 0.25) is 0 Å². The molecular formula is C18H21FN4O. The normalized spacial score (nSPS) is 15.9. The van der Waals surface area contributed by atoms with E-state index in [0.29, 0.717) is 12.4 Å². The van der Waals surface area contributed by atoms with Crippen molar-refractivity contribution < 1.29 is 9.18 Å². The van der Waals surface area contributed by atoms with E-state index < -0.39 is 5.95 Å². The number of benzene rings is 1. The number of halogens is 1. The zero-order valence-electron chi connectivity index (χ0n) is 13.4. The summed E-state index contributed by atoms with van der Waals surface area (Å²) >= 11 is 0. The molecule has 0 radical (unpaired) electrons. The number of likely N-dealkylation sites (tertiary alicyclic amines) is 1. The first-order chi connectivity index (χ1) is 11.7. The summed E-state index contributed by atoms with van der Waals surface area (Å²) in [5.41, 5.74) is 0.816. The van der Waals surface area contributed by atoms with E-state index in [1.807, 2.05) is 30.3 Å². The van der Waals surface area contributed by atoms with Crippen LogP contribution in [0.3, 0.4) is 0 Å². The molecule has 2 aromatic rings. The second-order valence-corrected chi connectivity index (χ2v) is 5.95. The summed E-state index contributed by atoms with van der Waals surface area (Å²) < 4.78 is 13.1. The first-order valence-electron chi connectivity index (χ1n) is 8.15. The molecule has 0 atom stereocenters. The SMILES string of the molecule is O=C(CN1CCC(Nc2cccc(F)n2)CC1)Nc1ccccc1. The molecule has 1 aliphatic rings. The number of anilines is 2. The Bertz CT molecular complexity index is 672. The van der Waals surface area contributed by atoms with Crippen molar-refractivity contribution in [1.82, 2.24) is 9.88 Å². The van der Waals surface area contributed by atoms with Gasteiger partial charge in [-0.1, -0.05) is 24.3 Å². The van der Waals surface area contributed by atoms with Gasteiger partial charge in [0.15, 0.2) is 0 Å². The maximum absolute atomic E-state index is 13.1. The quantitative estimate of drug-likeness (QED) is 0.829. The molecule has 1 saturated heterocycles. The van der Waals surface area contributed by atoms with E-state index in [2.05, 4.69) is 20.5 Å². The Labute approximate surface area is 140 Å². The fraction of sp³-hybridized carbons (Fsp3) is 0.333. The summed E-state index contributed by atoms with van der Waals surface area (Å²) in [4.78, 5) is 18.0. The predicted molar refractivity (Wildman–Crippen MR) is 92.4 cm³/mol. The van der Waals surface area contributed by atoms with Crippen LogP contribution in [0.4, 0.5) is 15.9 Å². The van der Waals surface area contributed by atoms with Crippen LogP contribution in [-0.2, 0) is 4.79 Å². The smallest absolute Gasteiger partial charge is 0.238 e. The zero-order valence-corrected chi connectivity index (χ0v) is 13.4. The van der Waals surface area contributed by atoms with E-state index >= 15 is 0 Å². The number of rotatable bonds is 5. The van der Waals surface area contributed by atoms with Crippen LogP contribution in [0, 0.1) is 5.95 Å². The molecule has 0 spiro atoms. The molecule has 1 aromatic heterocycles. The largest absolute Gasteiger partial charge is 0.367 e. The predicted octanol–water partition coefficient (Wildman–Crippen LogP) is 2.74. The molecule has 1 aliphatic heterocycles. The van der Waals surface area contributed by atoms with Crippen LogP contribution in [0.1, 0.15) is 12.8 Å². The summed E-state index contributed by atoms with van der Waals surface area (Å²) in [5.74, 6) is 0.0877. The molecule has 24 heavy (non-hydrogen) atoms. The van der Waals surface area contributed by atoms with Crippen molar-refractivity contribution in [1.29, 1.82) is 0 Å². The van der Waals surface area contributed by atoms with Gasteiger partial charge in [-0.15, -0.1) is 0 Å². The van der Waals surface area contributed by atoms with Crippen LogP contribution in [0.5, 0.6) is 0 Å². The molecule has 2 heterocycles. The number of pyridine rings is 1. The Hall–Kier alpha value is -2.47. The second kappa shape index (κ2) is 7.88. The molecule has 1 amide bonds. The Balaban J connectivity index is 1.42. The molecule has 3 rings (SSSR count). The fourth-order valence-electron chi connectivity index (χ4n) is 2.86. The summed E-state index contributed by atoms with van der Waals surface area (Å²) in [5, 5.41) is 6.16. The Kier molecular flexibility index (Phi) is 5.38. The third-order valence-electron chi connectivity index (χ3n) is 4.08. The average molecular weight is 328 g/mol. The average Bonchev–Trinajstić information content (AvgIpc) is 2.57. The second-order valence-electron chi connectivity index (χ2n) is 5.95. The molecule has 2 N–H and O–H groups in total. The lowest BCUT2D eigenvalue weighted by Gasteiger charge is -2.32. The number of nitrogens with one attached hydrogen (secondary N) is 2. The fourth-order valence-corrected chi connectivity index (χ4v) is 2.86. The lowest BCUT2D eigenvalue weighted by atomic mass is 10.1. The number of nitrogens with zero attached hydrogens (tertiary/aromatic N) is 2. The molecular weight excluding hydrogens is 307 g/mol. The highest BCUT2D eigenvalue weighted by molar-refractivity contribution is 5.92. The third kappa shape index (κ3) is 4.76. The van der Waals surface area contributed by atoms with Crippen molar-refractivity contribution in [2.24, 2.45) is 0 Å². The molecule has 0 unspecified atom stereocenters. The van der Waals surface area contributed by atoms with Gasteiger partial charge >= 0.3 is 0 Å². The molecule has 0 bridgehead atoms. The van der Waals surface area contributed by atoms with E-state index in [4.69, 9.17) is 0 Å². The highest BCUT2D eigenvalue weighted by Gasteiger charge is 2.21. The maximum Gasteiger partial charge on any atom is 0.238 e. The van der Waals surface area contributed by atoms with Crippen LogP contribution in [0.25, 0.3) is 0 Å². The van der Waals surface area contributed by atoms with Crippen LogP contribution in [-0.4, -0.2) is 41.5 Å². The van der Waals surface area contributed by atoms with Crippen molar-refractivity contribution in [2.75, 3.05) is 30.3 Å². The topological polar surface area (TPSA) is 57.3 Å². The van der Waals surface area contributed by atoms with E-state index in [0.717, 1.165) is 31.6 Å². The summed E-state index contributed by atoms with van der Waals surface area (Å²) in [7, 11) is 0. The van der Waals surface area contributed by atoms with Crippen LogP contribution >= 0.6 is 0 Å². The number of hydrogen-bond acceptors (Lipinski definition) is 4. The van der Waals surface area contributed by atoms with Crippen molar-refractivity contribution in [2.45, 2.75) is 18.9 Å². The molecule has 5 nitrogen and oxygen atoms in total. The Morgan fingerprint density at radius 1 is 1.12 bits per heavy atom. The van der Waals surface area contributed by atoms with Crippen molar-refractivity contribution in [3.05, 3.63) is 54.5 Å². The van der Waals surface area contributed by atoms with Gasteiger partial charge in [0.05, 0.1) is 6.54 Å². The van der Waals surface area contributed by atoms with Gasteiger partial charge in [-0.25, -0.2) is 4.98 Å². The monoisotopic (exact) mass is 328 g/mol. The Morgan fingerprint density at radius 2 is 1.88 bits per heavy atom. The zero-order chi connectivity index (χ0) is 16.8. The molecule has 126 valence electrons. The standard InChI is InChI=1S/C18H21FN4O/c19-16-7-4-8-17(22-16)20-15-9-11-23(12-10-15)13-18(24)21-14-5-2-1-3-6-14/h1-8,15H,9-13H2,(H,20,22)(H,21,24). The van der Waals surface area contributed by atoms with Crippen molar-refractivity contribution in [3.63, 3.8) is 0 Å². The number of carbonyl (C=O) groups is 1. The summed E-state index contributed by atoms with van der Waals surface area (Å²) in [6.45, 7) is 2.05. The summed E-state index contributed by atoms with van der Waals surface area (Å²) in [6, 6.07) is 14.5. The summed E-state index contributed by atoms with van der Waals surface area (Å²) in [6.07, 6.45) is 1.80. The highest BCUT2D eigenvalue weighted by Crippen LogP contribution is 2.15. The van der Waals surface area contributed by atoms with Gasteiger partial charge in [-0.3, -0.25) is 9.69 Å². The van der Waals surface area contributed by atoms with Gasteiger partial charge in [0.2, 0.25) is 11.9 Å². The first-order valence-corrected chi connectivity index (χ1v) is 8.15. The molecule has 1 fully saturated rings. The molecule has 0 saturated carbocycles. The third-order valence-corrected chi connectivity index (χ3v) is 4.08. The van der Waals surface area contributed by atoms with Crippen LogP contribution < -0.4 is 10.6 Å². The van der Waals surface area contributed by atoms with Crippen molar-refractivity contribution >= 4 is 17.4 Å². The van der Waals surface area contributed by atoms with E-state index in [9.17, 15) is 9.18 Å². The van der Waals surface area contributed by atoms with E-state index in [1.54, 1.807) is 12.1 Å². The number of piperidine rings is 1. The van der Waals surface area contributed by atoms with Gasteiger partial charge in [-0.05, 0) is 37.1 Å². The minimum Gasteiger partial charge on any atom is -0.367 e. The van der Waals surface area contributed by atoms with E-state index in [-0.39, 0.29) is 11.9 Å². The number of carbonyl (C=O) groups excluding carboxylic acids is 1. The molecule has 6 heteroatoms. The number of aromatic nitrogens is 1. The van der Waals surface area contributed by atoms with E-state index in [1.165, 1.54) is 6.07 Å². The number of hydrogen-bond donors (Lipinski definition) is 2. The number of amides is 1. The van der Waals surface area contributed by atoms with Gasteiger partial charge in [0.1, 0.15) is 5.82 Å². The van der Waals surface area contributed by atoms with Crippen molar-refractivity contribution in [3.8, 4) is 0 Å². The minimum absolute atomic E-state index is 0.000550. The lowest BCUT2D eigenvalue weighted by molar-refractivity contribution is -0.117. The highest BCUT2D eigenvalue weighted by atomic mass is 19.1. The van der Waals surface area contributed by atoms with Gasteiger partial charge in [0, 0.05) is 24.8 Å². The van der Waals surface area contributed by atoms with Gasteiger partial charge in [0.25, 0.3) is 0 Å². The molecule has 0 aliphatic carbocycles. The van der Waals surface area contributed by atoms with Crippen LogP contribution in [0.15, 0.2) is 48.5 Å². The lowest BCUT2D eigenvalue weighted by Crippen LogP contribution is -2.42. The van der Waals surface area contributed by atoms with Gasteiger partial charge < -0.3 is 10.6 Å². The molecule has 1 aromatic carbocycles. The maximum atomic E-state index is 13.1. The number of para-hydroxylation sites is 1. The Morgan fingerprint density at radius 3 is 2.58 bits per heavy atom. The van der Waals surface area contributed by atoms with Gasteiger partial charge in [-0.2, -0.15) is 4.39 Å². The minimum atomic E-state index is -0.477. The first kappa shape index (κ1) is 16.4.